The van der Waals surface area contributed by atoms with Gasteiger partial charge in [0.15, 0.2) is 0 Å². The van der Waals surface area contributed by atoms with Gasteiger partial charge in [-0.25, -0.2) is 0 Å². The summed E-state index contributed by atoms with van der Waals surface area (Å²) in [6.07, 6.45) is 2.52. The molecule has 0 unspecified atom stereocenters. The molecule has 0 saturated carbocycles. The second-order valence-corrected chi connectivity index (χ2v) is 17.5. The van der Waals surface area contributed by atoms with Gasteiger partial charge in [-0.2, -0.15) is 0 Å². The molecule has 0 spiro atoms. The zero-order valence-electron chi connectivity index (χ0n) is 31.5. The molecule has 0 fully saturated rings. The molecule has 55 heavy (non-hydrogen) atoms. The second kappa shape index (κ2) is 23.8. The molecule has 0 atom stereocenters. The van der Waals surface area contributed by atoms with Crippen LogP contribution in [0.5, 0.6) is 0 Å². The van der Waals surface area contributed by atoms with Gasteiger partial charge in [0.25, 0.3) is 0 Å². The molecule has 0 aliphatic heterocycles. The molecule has 0 bridgehead atoms. The van der Waals surface area contributed by atoms with Crippen LogP contribution < -0.4 is 21.2 Å². The number of ether oxygens (including phenoxy) is 1. The van der Waals surface area contributed by atoms with Crippen molar-refractivity contribution in [3.05, 3.63) is 169 Å². The minimum atomic E-state index is -6.00. The summed E-state index contributed by atoms with van der Waals surface area (Å²) < 4.78 is 43.8. The van der Waals surface area contributed by atoms with Crippen LogP contribution in [0.2, 0.25) is 0 Å². The van der Waals surface area contributed by atoms with Crippen LogP contribution in [0.1, 0.15) is 25.2 Å². The second-order valence-electron chi connectivity index (χ2n) is 12.3. The van der Waals surface area contributed by atoms with E-state index in [9.17, 15) is 17.3 Å². The third kappa shape index (κ3) is 15.6. The van der Waals surface area contributed by atoms with Crippen molar-refractivity contribution in [2.45, 2.75) is 27.7 Å². The predicted octanol–water partition coefficient (Wildman–Crippen LogP) is 10.5. The third-order valence-electron chi connectivity index (χ3n) is 8.32. The molecule has 7 aromatic rings. The molecule has 2 aromatic heterocycles. The zero-order valence-corrected chi connectivity index (χ0v) is 34.5. The van der Waals surface area contributed by atoms with Crippen LogP contribution in [-0.2, 0) is 21.8 Å². The SMILES string of the molecule is CCOCC.Cc1ccc2ccc3ccc(C)nc3c2n1.F[B-](F)(F)F.[Cu+].c1ccc([PH+](CC[PH+](c2ccccc2)c2ccccc2)c2ccccc2)cc1. The van der Waals surface area contributed by atoms with E-state index in [1.54, 1.807) is 0 Å². The van der Waals surface area contributed by atoms with Crippen molar-refractivity contribution in [1.29, 1.82) is 0 Å². The van der Waals surface area contributed by atoms with Gasteiger partial charge in [-0.1, -0.05) is 97.1 Å². The Morgan fingerprint density at radius 3 is 0.945 bits per heavy atom. The van der Waals surface area contributed by atoms with E-state index in [2.05, 4.69) is 156 Å². The van der Waals surface area contributed by atoms with E-state index in [-0.39, 0.29) is 17.1 Å². The fourth-order valence-corrected chi connectivity index (χ4v) is 12.1. The molecule has 0 aliphatic rings. The van der Waals surface area contributed by atoms with Gasteiger partial charge in [0.2, 0.25) is 0 Å². The Kier molecular flexibility index (Phi) is 19.7. The first-order chi connectivity index (χ1) is 26.1. The molecule has 0 aliphatic carbocycles. The van der Waals surface area contributed by atoms with Gasteiger partial charge < -0.3 is 22.0 Å². The summed E-state index contributed by atoms with van der Waals surface area (Å²) >= 11 is 0. The van der Waals surface area contributed by atoms with Gasteiger partial charge in [-0.05, 0) is 88.4 Å². The van der Waals surface area contributed by atoms with Crippen molar-refractivity contribution >= 4 is 66.1 Å². The van der Waals surface area contributed by atoms with Gasteiger partial charge in [0, 0.05) is 35.4 Å². The summed E-state index contributed by atoms with van der Waals surface area (Å²) in [4.78, 5) is 9.16. The van der Waals surface area contributed by atoms with Crippen LogP contribution in [0, 0.1) is 13.8 Å². The zero-order chi connectivity index (χ0) is 38.8. The molecule has 2 heterocycles. The van der Waals surface area contributed by atoms with Crippen molar-refractivity contribution in [3.63, 3.8) is 0 Å². The summed E-state index contributed by atoms with van der Waals surface area (Å²) in [5, 5.41) is 8.36. The molecule has 7 rings (SSSR count). The predicted molar refractivity (Wildman–Crippen MR) is 230 cm³/mol. The van der Waals surface area contributed by atoms with Crippen molar-refractivity contribution < 1.29 is 39.1 Å². The molecule has 0 N–H and O–H groups in total. The number of fused-ring (bicyclic) bond motifs is 3. The standard InChI is InChI=1S/C26H24P2.C14H12N2.C4H10O.BF4.Cu/c1-5-13-23(14-6-1)27(24-15-7-2-8-16-24)21-22-28(25-17-9-3-10-18-25)26-19-11-4-12-20-26;1-9-3-5-11-7-8-12-6-4-10(2)16-14(12)13(11)15-9;1-3-5-4-2;2-1(3,4)5;/h1-20H,21-22H2;3-8H,1-2H3;3-4H2,1-2H3;;/q;;;-1;+1/p+2. The Balaban J connectivity index is 0.000000252. The molecule has 0 saturated heterocycles. The molecule has 5 aromatic carbocycles. The van der Waals surface area contributed by atoms with E-state index >= 15 is 0 Å². The number of hydrogen-bond donors (Lipinski definition) is 0. The van der Waals surface area contributed by atoms with E-state index < -0.39 is 23.1 Å². The number of aryl methyl sites for hydroxylation is 2. The van der Waals surface area contributed by atoms with Crippen LogP contribution in [0.3, 0.4) is 0 Å². The maximum Gasteiger partial charge on any atom is 1.00 e. The minimum absolute atomic E-state index is 0. The Morgan fingerprint density at radius 2 is 0.709 bits per heavy atom. The van der Waals surface area contributed by atoms with Gasteiger partial charge in [0.1, 0.15) is 12.3 Å². The normalized spacial score (nSPS) is 10.7. The fourth-order valence-electron chi connectivity index (χ4n) is 5.89. The van der Waals surface area contributed by atoms with Gasteiger partial charge >= 0.3 is 24.3 Å². The number of nitrogens with zero attached hydrogens (tertiary/aromatic N) is 2. The van der Waals surface area contributed by atoms with Gasteiger partial charge in [0.05, 0.1) is 48.1 Å². The first-order valence-electron chi connectivity index (χ1n) is 18.1. The number of benzene rings is 5. The molecular weight excluding hydrogens is 785 g/mol. The minimum Gasteiger partial charge on any atom is -0.418 e. The summed E-state index contributed by atoms with van der Waals surface area (Å²) in [6.45, 7) is 9.68. The molecule has 3 nitrogen and oxygen atoms in total. The third-order valence-corrected chi connectivity index (χ3v) is 14.4. The summed E-state index contributed by atoms with van der Waals surface area (Å²) in [7, 11) is -7.57. The summed E-state index contributed by atoms with van der Waals surface area (Å²) in [5.41, 5.74) is 4.06. The number of hydrogen-bond acceptors (Lipinski definition) is 3. The Morgan fingerprint density at radius 1 is 0.455 bits per heavy atom. The number of aromatic nitrogens is 2. The van der Waals surface area contributed by atoms with E-state index in [0.717, 1.165) is 46.4 Å². The van der Waals surface area contributed by atoms with Crippen LogP contribution in [0.25, 0.3) is 21.8 Å². The first-order valence-corrected chi connectivity index (χ1v) is 21.5. The fraction of sp³-hybridized carbons (Fsp3) is 0.182. The molecular formula is C44H48BCuF4N2OP2+2. The number of halogens is 4. The van der Waals surface area contributed by atoms with Crippen molar-refractivity contribution in [1.82, 2.24) is 9.97 Å². The largest absolute Gasteiger partial charge is 1.00 e. The number of pyridine rings is 2. The summed E-state index contributed by atoms with van der Waals surface area (Å²) in [5.74, 6) is 0. The van der Waals surface area contributed by atoms with Crippen LogP contribution >= 0.6 is 15.8 Å². The molecule has 0 radical (unpaired) electrons. The van der Waals surface area contributed by atoms with E-state index in [0.29, 0.717) is 0 Å². The van der Waals surface area contributed by atoms with E-state index in [4.69, 9.17) is 4.74 Å². The van der Waals surface area contributed by atoms with Gasteiger partial charge in [-0.3, -0.25) is 9.97 Å². The molecule has 0 amide bonds. The van der Waals surface area contributed by atoms with E-state index in [1.807, 2.05) is 39.8 Å². The average molecular weight is 833 g/mol. The maximum atomic E-state index is 9.75. The van der Waals surface area contributed by atoms with Crippen molar-refractivity contribution in [2.75, 3.05) is 25.5 Å². The molecule has 290 valence electrons. The number of rotatable bonds is 9. The van der Waals surface area contributed by atoms with Crippen LogP contribution in [0.15, 0.2) is 158 Å². The molecule has 11 heteroatoms. The average Bonchev–Trinajstić information content (AvgIpc) is 3.18. The quantitative estimate of drug-likeness (QED) is 0.0629. The Labute approximate surface area is 336 Å². The van der Waals surface area contributed by atoms with Crippen LogP contribution in [0.4, 0.5) is 17.3 Å². The van der Waals surface area contributed by atoms with Crippen LogP contribution in [-0.4, -0.2) is 42.8 Å². The van der Waals surface area contributed by atoms with Crippen molar-refractivity contribution in [3.8, 4) is 0 Å². The maximum absolute atomic E-state index is 9.75. The summed E-state index contributed by atoms with van der Waals surface area (Å²) in [6, 6.07) is 57.0. The monoisotopic (exact) mass is 832 g/mol. The first kappa shape index (κ1) is 45.4. The van der Waals surface area contributed by atoms with E-state index in [1.165, 1.54) is 33.5 Å². The topological polar surface area (TPSA) is 35.0 Å². The smallest absolute Gasteiger partial charge is 0.418 e. The Hall–Kier alpha value is -3.96. The Bertz CT molecular complexity index is 1890. The van der Waals surface area contributed by atoms with Crippen molar-refractivity contribution in [2.24, 2.45) is 0 Å². The van der Waals surface area contributed by atoms with Gasteiger partial charge in [-0.15, -0.1) is 0 Å².